The Balaban J connectivity index is 2.16. The van der Waals surface area contributed by atoms with Crippen molar-refractivity contribution < 1.29 is 19.1 Å². The zero-order valence-electron chi connectivity index (χ0n) is 14.5. The normalized spacial score (nSPS) is 10.8. The number of aromatic nitrogens is 1. The first-order chi connectivity index (χ1) is 12.5. The highest BCUT2D eigenvalue weighted by atomic mass is 32.1. The summed E-state index contributed by atoms with van der Waals surface area (Å²) in [5.74, 6) is -0.417. The number of rotatable bonds is 6. The maximum absolute atomic E-state index is 12.3. The number of benzene rings is 1. The largest absolute Gasteiger partial charge is 0.497 e. The molecule has 1 heterocycles. The predicted octanol–water partition coefficient (Wildman–Crippen LogP) is 3.18. The average Bonchev–Trinajstić information content (AvgIpc) is 3.00. The van der Waals surface area contributed by atoms with Gasteiger partial charge in [0.25, 0.3) is 5.91 Å². The Morgan fingerprint density at radius 3 is 2.62 bits per heavy atom. The van der Waals surface area contributed by atoms with Gasteiger partial charge in [-0.2, -0.15) is 5.26 Å². The summed E-state index contributed by atoms with van der Waals surface area (Å²) in [6.07, 6.45) is 1.46. The molecule has 0 unspecified atom stereocenters. The van der Waals surface area contributed by atoms with E-state index >= 15 is 0 Å². The molecule has 1 aromatic heterocycles. The number of ether oxygens (including phenoxy) is 2. The van der Waals surface area contributed by atoms with Crippen molar-refractivity contribution in [2.24, 2.45) is 0 Å². The Morgan fingerprint density at radius 2 is 2.04 bits per heavy atom. The second kappa shape index (κ2) is 8.78. The molecule has 1 amide bonds. The van der Waals surface area contributed by atoms with Gasteiger partial charge < -0.3 is 9.47 Å². The molecule has 0 fully saturated rings. The quantitative estimate of drug-likeness (QED) is 0.475. The van der Waals surface area contributed by atoms with E-state index in [-0.39, 0.29) is 17.3 Å². The van der Waals surface area contributed by atoms with E-state index in [2.05, 4.69) is 10.3 Å². The Bertz CT molecular complexity index is 879. The molecule has 1 N–H and O–H groups in total. The standard InChI is InChI=1S/C18H17N3O4S/c1-4-25-17(23)15-11(2)20-18(26-15)21-16(22)13(10-19)9-12-5-7-14(24-3)8-6-12/h5-9H,4H2,1-3H3,(H,20,21,22)/b13-9-. The number of methoxy groups -OCH3 is 1. The van der Waals surface area contributed by atoms with Crippen molar-refractivity contribution in [1.29, 1.82) is 5.26 Å². The van der Waals surface area contributed by atoms with Crippen molar-refractivity contribution in [2.75, 3.05) is 19.0 Å². The maximum Gasteiger partial charge on any atom is 0.350 e. The van der Waals surface area contributed by atoms with Crippen molar-refractivity contribution in [3.05, 3.63) is 46.0 Å². The number of hydrogen-bond donors (Lipinski definition) is 1. The number of carbonyl (C=O) groups is 2. The van der Waals surface area contributed by atoms with Gasteiger partial charge in [0.05, 0.1) is 19.4 Å². The number of carbonyl (C=O) groups excluding carboxylic acids is 2. The van der Waals surface area contributed by atoms with E-state index in [4.69, 9.17) is 9.47 Å². The van der Waals surface area contributed by atoms with E-state index in [1.165, 1.54) is 6.08 Å². The number of hydrogen-bond acceptors (Lipinski definition) is 7. The Morgan fingerprint density at radius 1 is 1.35 bits per heavy atom. The van der Waals surface area contributed by atoms with Crippen LogP contribution in [0, 0.1) is 18.3 Å². The van der Waals surface area contributed by atoms with Gasteiger partial charge in [-0.3, -0.25) is 10.1 Å². The van der Waals surface area contributed by atoms with Crippen LogP contribution in [0.5, 0.6) is 5.75 Å². The summed E-state index contributed by atoms with van der Waals surface area (Å²) in [6, 6.07) is 8.79. The second-order valence-corrected chi connectivity index (χ2v) is 6.05. The number of esters is 1. The molecule has 0 saturated carbocycles. The van der Waals surface area contributed by atoms with Gasteiger partial charge in [0.15, 0.2) is 5.13 Å². The van der Waals surface area contributed by atoms with E-state index in [0.29, 0.717) is 21.9 Å². The number of aryl methyl sites for hydroxylation is 1. The molecule has 1 aromatic carbocycles. The molecule has 0 aliphatic heterocycles. The van der Waals surface area contributed by atoms with E-state index in [0.717, 1.165) is 11.3 Å². The molecule has 2 rings (SSSR count). The Kier molecular flexibility index (Phi) is 6.47. The van der Waals surface area contributed by atoms with E-state index in [1.807, 2.05) is 6.07 Å². The first kappa shape index (κ1) is 19.1. The highest BCUT2D eigenvalue weighted by Gasteiger charge is 2.18. The zero-order chi connectivity index (χ0) is 19.1. The van der Waals surface area contributed by atoms with Gasteiger partial charge in [-0.1, -0.05) is 23.5 Å². The third kappa shape index (κ3) is 4.68. The van der Waals surface area contributed by atoms with Gasteiger partial charge >= 0.3 is 5.97 Å². The average molecular weight is 371 g/mol. The third-order valence-electron chi connectivity index (χ3n) is 3.27. The summed E-state index contributed by atoms with van der Waals surface area (Å²) in [6.45, 7) is 3.61. The summed E-state index contributed by atoms with van der Waals surface area (Å²) >= 11 is 1.00. The molecule has 0 saturated heterocycles. The van der Waals surface area contributed by atoms with Crippen LogP contribution in [0.15, 0.2) is 29.8 Å². The molecular formula is C18H17N3O4S. The van der Waals surface area contributed by atoms with Gasteiger partial charge in [0.1, 0.15) is 22.3 Å². The zero-order valence-corrected chi connectivity index (χ0v) is 15.3. The van der Waals surface area contributed by atoms with Gasteiger partial charge in [0, 0.05) is 0 Å². The maximum atomic E-state index is 12.3. The lowest BCUT2D eigenvalue weighted by atomic mass is 10.1. The molecule has 2 aromatic rings. The van der Waals surface area contributed by atoms with Crippen LogP contribution in [0.25, 0.3) is 6.08 Å². The van der Waals surface area contributed by atoms with Crippen LogP contribution < -0.4 is 10.1 Å². The van der Waals surface area contributed by atoms with Crippen molar-refractivity contribution in [3.63, 3.8) is 0 Å². The summed E-state index contributed by atoms with van der Waals surface area (Å²) in [5, 5.41) is 12.0. The number of thiazole rings is 1. The SMILES string of the molecule is CCOC(=O)c1sc(NC(=O)/C(C#N)=C\c2ccc(OC)cc2)nc1C. The molecule has 8 heteroatoms. The summed E-state index contributed by atoms with van der Waals surface area (Å²) in [7, 11) is 1.56. The number of nitrogens with zero attached hydrogens (tertiary/aromatic N) is 2. The Hall–Kier alpha value is -3.18. The summed E-state index contributed by atoms with van der Waals surface area (Å²) in [4.78, 5) is 28.6. The number of anilines is 1. The fraction of sp³-hybridized carbons (Fsp3) is 0.222. The van der Waals surface area contributed by atoms with E-state index < -0.39 is 11.9 Å². The minimum atomic E-state index is -0.604. The summed E-state index contributed by atoms with van der Waals surface area (Å²) < 4.78 is 10.0. The topological polar surface area (TPSA) is 101 Å². The van der Waals surface area contributed by atoms with Crippen LogP contribution in [-0.4, -0.2) is 30.6 Å². The number of nitriles is 1. The van der Waals surface area contributed by atoms with E-state index in [1.54, 1.807) is 45.2 Å². The molecule has 0 atom stereocenters. The monoisotopic (exact) mass is 371 g/mol. The van der Waals surface area contributed by atoms with Gasteiger partial charge in [0.2, 0.25) is 0 Å². The lowest BCUT2D eigenvalue weighted by Crippen LogP contribution is -2.13. The second-order valence-electron chi connectivity index (χ2n) is 5.05. The summed E-state index contributed by atoms with van der Waals surface area (Å²) in [5.41, 5.74) is 1.06. The molecular weight excluding hydrogens is 354 g/mol. The number of nitrogens with one attached hydrogen (secondary N) is 1. The van der Waals surface area contributed by atoms with Gasteiger partial charge in [-0.25, -0.2) is 9.78 Å². The minimum Gasteiger partial charge on any atom is -0.497 e. The lowest BCUT2D eigenvalue weighted by molar-refractivity contribution is -0.112. The van der Waals surface area contributed by atoms with Crippen molar-refractivity contribution in [2.45, 2.75) is 13.8 Å². The van der Waals surface area contributed by atoms with E-state index in [9.17, 15) is 14.9 Å². The van der Waals surface area contributed by atoms with Crippen LogP contribution in [0.4, 0.5) is 5.13 Å². The fourth-order valence-corrected chi connectivity index (χ4v) is 2.87. The van der Waals surface area contributed by atoms with Crippen LogP contribution in [-0.2, 0) is 9.53 Å². The van der Waals surface area contributed by atoms with Gasteiger partial charge in [-0.05, 0) is 37.6 Å². The first-order valence-corrected chi connectivity index (χ1v) is 8.51. The van der Waals surface area contributed by atoms with Crippen molar-refractivity contribution in [3.8, 4) is 11.8 Å². The van der Waals surface area contributed by atoms with Crippen LogP contribution in [0.3, 0.4) is 0 Å². The predicted molar refractivity (Wildman–Crippen MR) is 98.0 cm³/mol. The molecule has 0 aliphatic rings. The first-order valence-electron chi connectivity index (χ1n) is 7.70. The molecule has 26 heavy (non-hydrogen) atoms. The lowest BCUT2D eigenvalue weighted by Gasteiger charge is -2.02. The number of amides is 1. The molecule has 0 spiro atoms. The van der Waals surface area contributed by atoms with Crippen LogP contribution in [0.1, 0.15) is 27.9 Å². The van der Waals surface area contributed by atoms with Crippen molar-refractivity contribution in [1.82, 2.24) is 4.98 Å². The smallest absolute Gasteiger partial charge is 0.350 e. The molecule has 0 radical (unpaired) electrons. The van der Waals surface area contributed by atoms with Gasteiger partial charge in [-0.15, -0.1) is 0 Å². The van der Waals surface area contributed by atoms with Crippen LogP contribution >= 0.6 is 11.3 Å². The van der Waals surface area contributed by atoms with Crippen molar-refractivity contribution >= 4 is 34.4 Å². The molecule has 7 nitrogen and oxygen atoms in total. The Labute approximate surface area is 154 Å². The molecule has 134 valence electrons. The highest BCUT2D eigenvalue weighted by Crippen LogP contribution is 2.24. The fourth-order valence-electron chi connectivity index (χ4n) is 2.02. The molecule has 0 bridgehead atoms. The highest BCUT2D eigenvalue weighted by molar-refractivity contribution is 7.17. The minimum absolute atomic E-state index is 0.0827. The molecule has 0 aliphatic carbocycles. The third-order valence-corrected chi connectivity index (χ3v) is 4.32. The van der Waals surface area contributed by atoms with Crippen LogP contribution in [0.2, 0.25) is 0 Å².